The molecule has 1 aliphatic heterocycles. The van der Waals surface area contributed by atoms with Crippen LogP contribution in [-0.2, 0) is 0 Å². The van der Waals surface area contributed by atoms with E-state index in [4.69, 9.17) is 5.26 Å². The topological polar surface area (TPSA) is 27.0 Å². The van der Waals surface area contributed by atoms with Gasteiger partial charge < -0.3 is 4.90 Å². The van der Waals surface area contributed by atoms with Gasteiger partial charge in [-0.15, -0.1) is 11.8 Å². The molecule has 2 atom stereocenters. The number of nitrogens with zero attached hydrogens (tertiary/aromatic N) is 2. The standard InChI is InChI=1S/C14H18N2S/c1-9-7-10(2)14-13(8-9)17-12(5-6-15)11(3)16(14)4/h7-8,11-12H,5H2,1-4H3. The molecule has 2 unspecified atom stereocenters. The molecule has 1 aromatic rings. The monoisotopic (exact) mass is 246 g/mol. The van der Waals surface area contributed by atoms with E-state index < -0.39 is 0 Å². The normalized spacial score (nSPS) is 23.1. The van der Waals surface area contributed by atoms with E-state index >= 15 is 0 Å². The van der Waals surface area contributed by atoms with E-state index in [0.717, 1.165) is 0 Å². The number of aryl methyl sites for hydroxylation is 2. The van der Waals surface area contributed by atoms with Crippen molar-refractivity contribution in [2.24, 2.45) is 0 Å². The summed E-state index contributed by atoms with van der Waals surface area (Å²) in [6.07, 6.45) is 0.614. The highest BCUT2D eigenvalue weighted by atomic mass is 32.2. The van der Waals surface area contributed by atoms with Crippen LogP contribution in [0.1, 0.15) is 24.5 Å². The van der Waals surface area contributed by atoms with E-state index in [1.807, 2.05) is 11.8 Å². The summed E-state index contributed by atoms with van der Waals surface area (Å²) in [7, 11) is 2.13. The number of hydrogen-bond acceptors (Lipinski definition) is 3. The largest absolute Gasteiger partial charge is 0.370 e. The molecular formula is C14H18N2S. The van der Waals surface area contributed by atoms with Gasteiger partial charge in [-0.3, -0.25) is 0 Å². The average Bonchev–Trinajstić information content (AvgIpc) is 2.24. The molecule has 1 aliphatic rings. The summed E-state index contributed by atoms with van der Waals surface area (Å²) in [4.78, 5) is 3.64. The minimum absolute atomic E-state index is 0.374. The van der Waals surface area contributed by atoms with Crippen molar-refractivity contribution in [3.8, 4) is 6.07 Å². The molecule has 1 aromatic carbocycles. The number of thioether (sulfide) groups is 1. The van der Waals surface area contributed by atoms with Crippen LogP contribution >= 0.6 is 11.8 Å². The van der Waals surface area contributed by atoms with Crippen molar-refractivity contribution < 1.29 is 0 Å². The fourth-order valence-electron chi connectivity index (χ4n) is 2.48. The molecule has 3 heteroatoms. The molecular weight excluding hydrogens is 228 g/mol. The van der Waals surface area contributed by atoms with Crippen molar-refractivity contribution in [1.82, 2.24) is 0 Å². The lowest BCUT2D eigenvalue weighted by atomic mass is 10.1. The maximum Gasteiger partial charge on any atom is 0.0634 e. The number of rotatable bonds is 1. The molecule has 17 heavy (non-hydrogen) atoms. The van der Waals surface area contributed by atoms with Crippen LogP contribution in [0.4, 0.5) is 5.69 Å². The minimum Gasteiger partial charge on any atom is -0.370 e. The molecule has 0 saturated carbocycles. The van der Waals surface area contributed by atoms with Crippen LogP contribution in [0.25, 0.3) is 0 Å². The van der Waals surface area contributed by atoms with Crippen LogP contribution in [-0.4, -0.2) is 18.3 Å². The molecule has 0 bridgehead atoms. The zero-order valence-corrected chi connectivity index (χ0v) is 11.6. The predicted molar refractivity (Wildman–Crippen MR) is 73.7 cm³/mol. The van der Waals surface area contributed by atoms with Crippen LogP contribution in [0.15, 0.2) is 17.0 Å². The lowest BCUT2D eigenvalue weighted by Crippen LogP contribution is -2.40. The third kappa shape index (κ3) is 2.14. The molecule has 0 spiro atoms. The van der Waals surface area contributed by atoms with Crippen molar-refractivity contribution in [2.45, 2.75) is 43.4 Å². The number of hydrogen-bond donors (Lipinski definition) is 0. The van der Waals surface area contributed by atoms with Crippen molar-refractivity contribution in [3.05, 3.63) is 23.3 Å². The second kappa shape index (κ2) is 4.62. The van der Waals surface area contributed by atoms with Gasteiger partial charge in [0.15, 0.2) is 0 Å². The Balaban J connectivity index is 2.46. The summed E-state index contributed by atoms with van der Waals surface area (Å²) in [5.41, 5.74) is 3.96. The highest BCUT2D eigenvalue weighted by Gasteiger charge is 2.30. The Hall–Kier alpha value is -1.14. The molecule has 90 valence electrons. The van der Waals surface area contributed by atoms with Gasteiger partial charge in [0.25, 0.3) is 0 Å². The van der Waals surface area contributed by atoms with E-state index in [-0.39, 0.29) is 0 Å². The third-order valence-electron chi connectivity index (χ3n) is 3.48. The molecule has 0 aromatic heterocycles. The van der Waals surface area contributed by atoms with Gasteiger partial charge in [-0.2, -0.15) is 5.26 Å². The van der Waals surface area contributed by atoms with E-state index in [2.05, 4.69) is 50.9 Å². The quantitative estimate of drug-likeness (QED) is 0.758. The molecule has 2 nitrogen and oxygen atoms in total. The van der Waals surface area contributed by atoms with Gasteiger partial charge in [0, 0.05) is 29.7 Å². The summed E-state index contributed by atoms with van der Waals surface area (Å²) < 4.78 is 0. The van der Waals surface area contributed by atoms with Crippen LogP contribution in [0.3, 0.4) is 0 Å². The van der Waals surface area contributed by atoms with Crippen molar-refractivity contribution in [3.63, 3.8) is 0 Å². The molecule has 0 N–H and O–H groups in total. The Labute approximate surface area is 108 Å². The first-order valence-corrected chi connectivity index (χ1v) is 6.80. The fourth-order valence-corrected chi connectivity index (χ4v) is 4.01. The Kier molecular flexibility index (Phi) is 3.35. The second-order valence-electron chi connectivity index (χ2n) is 4.80. The Morgan fingerprint density at radius 2 is 2.12 bits per heavy atom. The van der Waals surface area contributed by atoms with Crippen molar-refractivity contribution in [1.29, 1.82) is 5.26 Å². The van der Waals surface area contributed by atoms with E-state index in [0.29, 0.717) is 17.7 Å². The molecule has 0 aliphatic carbocycles. The molecule has 0 radical (unpaired) electrons. The molecule has 0 fully saturated rings. The minimum atomic E-state index is 0.374. The molecule has 2 rings (SSSR count). The summed E-state index contributed by atoms with van der Waals surface area (Å²) in [6.45, 7) is 6.50. The Morgan fingerprint density at radius 1 is 1.41 bits per heavy atom. The van der Waals surface area contributed by atoms with Crippen LogP contribution in [0.5, 0.6) is 0 Å². The predicted octanol–water partition coefficient (Wildman–Crippen LogP) is 3.52. The summed E-state index contributed by atoms with van der Waals surface area (Å²) in [5, 5.41) is 9.27. The van der Waals surface area contributed by atoms with Gasteiger partial charge >= 0.3 is 0 Å². The van der Waals surface area contributed by atoms with E-state index in [1.165, 1.54) is 21.7 Å². The van der Waals surface area contributed by atoms with E-state index in [9.17, 15) is 0 Å². The van der Waals surface area contributed by atoms with Crippen molar-refractivity contribution >= 4 is 17.4 Å². The SMILES string of the molecule is Cc1cc(C)c2c(c1)SC(CC#N)C(C)N2C. The van der Waals surface area contributed by atoms with E-state index in [1.54, 1.807) is 0 Å². The zero-order chi connectivity index (χ0) is 12.6. The van der Waals surface area contributed by atoms with Gasteiger partial charge in [0.1, 0.15) is 0 Å². The fraction of sp³-hybridized carbons (Fsp3) is 0.500. The van der Waals surface area contributed by atoms with Gasteiger partial charge in [-0.05, 0) is 38.0 Å². The molecule has 1 heterocycles. The lowest BCUT2D eigenvalue weighted by molar-refractivity contribution is 0.637. The first-order chi connectivity index (χ1) is 8.04. The van der Waals surface area contributed by atoms with Gasteiger partial charge in [-0.25, -0.2) is 0 Å². The van der Waals surface area contributed by atoms with Gasteiger partial charge in [0.2, 0.25) is 0 Å². The maximum atomic E-state index is 8.90. The number of fused-ring (bicyclic) bond motifs is 1. The highest BCUT2D eigenvalue weighted by molar-refractivity contribution is 8.00. The molecule has 0 saturated heterocycles. The lowest BCUT2D eigenvalue weighted by Gasteiger charge is -2.39. The first-order valence-electron chi connectivity index (χ1n) is 5.92. The summed E-state index contributed by atoms with van der Waals surface area (Å²) in [5.74, 6) is 0. The third-order valence-corrected chi connectivity index (χ3v) is 4.91. The van der Waals surface area contributed by atoms with Crippen LogP contribution < -0.4 is 4.90 Å². The average molecular weight is 246 g/mol. The van der Waals surface area contributed by atoms with Crippen LogP contribution in [0, 0.1) is 25.2 Å². The first kappa shape index (κ1) is 12.3. The van der Waals surface area contributed by atoms with Crippen molar-refractivity contribution in [2.75, 3.05) is 11.9 Å². The smallest absolute Gasteiger partial charge is 0.0634 e. The summed E-state index contributed by atoms with van der Waals surface area (Å²) >= 11 is 1.86. The second-order valence-corrected chi connectivity index (χ2v) is 6.08. The Bertz CT molecular complexity index is 476. The maximum absolute atomic E-state index is 8.90. The number of benzene rings is 1. The Morgan fingerprint density at radius 3 is 2.76 bits per heavy atom. The van der Waals surface area contributed by atoms with Gasteiger partial charge in [0.05, 0.1) is 11.8 Å². The highest BCUT2D eigenvalue weighted by Crippen LogP contribution is 2.44. The zero-order valence-electron chi connectivity index (χ0n) is 10.8. The number of nitriles is 1. The molecule has 0 amide bonds. The summed E-state index contributed by atoms with van der Waals surface area (Å²) in [6, 6.07) is 7.18. The van der Waals surface area contributed by atoms with Gasteiger partial charge in [-0.1, -0.05) is 6.07 Å². The number of anilines is 1. The van der Waals surface area contributed by atoms with Crippen LogP contribution in [0.2, 0.25) is 0 Å².